The van der Waals surface area contributed by atoms with Crippen LogP contribution in [0.25, 0.3) is 0 Å². The van der Waals surface area contributed by atoms with Gasteiger partial charge in [0.05, 0.1) is 11.6 Å². The van der Waals surface area contributed by atoms with E-state index in [1.165, 1.54) is 11.1 Å². The zero-order valence-corrected chi connectivity index (χ0v) is 14.0. The summed E-state index contributed by atoms with van der Waals surface area (Å²) in [4.78, 5) is 11.5. The fourth-order valence-electron chi connectivity index (χ4n) is 2.54. The largest absolute Gasteiger partial charge is 0.491 e. The van der Waals surface area contributed by atoms with E-state index in [9.17, 15) is 4.79 Å². The SMILES string of the molecule is CNC(C)(CC(C)Oc1ccc(C(C)C)c(C)c1)C(N)=O. The number of carbonyl (C=O) groups is 1. The molecule has 0 aromatic heterocycles. The number of hydrogen-bond donors (Lipinski definition) is 2. The maximum Gasteiger partial charge on any atom is 0.237 e. The first-order valence-electron chi connectivity index (χ1n) is 7.45. The Bertz CT molecular complexity index is 500. The van der Waals surface area contributed by atoms with Crippen LogP contribution in [0, 0.1) is 6.92 Å². The van der Waals surface area contributed by atoms with Crippen molar-refractivity contribution in [2.75, 3.05) is 7.05 Å². The van der Waals surface area contributed by atoms with Crippen molar-refractivity contribution in [2.45, 2.75) is 58.6 Å². The van der Waals surface area contributed by atoms with Crippen LogP contribution in [-0.4, -0.2) is 24.6 Å². The number of amides is 1. The summed E-state index contributed by atoms with van der Waals surface area (Å²) in [5, 5.41) is 2.98. The molecule has 1 amide bonds. The molecule has 0 aliphatic heterocycles. The van der Waals surface area contributed by atoms with Crippen molar-refractivity contribution in [3.8, 4) is 5.75 Å². The lowest BCUT2D eigenvalue weighted by Crippen LogP contribution is -2.53. The molecule has 0 fully saturated rings. The van der Waals surface area contributed by atoms with Gasteiger partial charge in [-0.1, -0.05) is 19.9 Å². The third-order valence-corrected chi connectivity index (χ3v) is 3.99. The molecule has 0 saturated carbocycles. The lowest BCUT2D eigenvalue weighted by Gasteiger charge is -2.29. The second-order valence-corrected chi connectivity index (χ2v) is 6.25. The van der Waals surface area contributed by atoms with E-state index in [2.05, 4.69) is 32.2 Å². The molecule has 2 unspecified atom stereocenters. The third-order valence-electron chi connectivity index (χ3n) is 3.99. The van der Waals surface area contributed by atoms with Crippen LogP contribution in [0.1, 0.15) is 51.2 Å². The van der Waals surface area contributed by atoms with E-state index in [0.29, 0.717) is 12.3 Å². The fraction of sp³-hybridized carbons (Fsp3) is 0.588. The maximum atomic E-state index is 11.5. The van der Waals surface area contributed by atoms with Crippen molar-refractivity contribution in [1.29, 1.82) is 0 Å². The van der Waals surface area contributed by atoms with Gasteiger partial charge in [0, 0.05) is 6.42 Å². The van der Waals surface area contributed by atoms with Crippen LogP contribution in [0.3, 0.4) is 0 Å². The molecule has 1 aromatic rings. The minimum atomic E-state index is -0.758. The first-order valence-corrected chi connectivity index (χ1v) is 7.45. The van der Waals surface area contributed by atoms with E-state index in [1.807, 2.05) is 19.1 Å². The van der Waals surface area contributed by atoms with Crippen LogP contribution >= 0.6 is 0 Å². The van der Waals surface area contributed by atoms with Gasteiger partial charge in [0.1, 0.15) is 5.75 Å². The van der Waals surface area contributed by atoms with E-state index < -0.39 is 5.54 Å². The Hall–Kier alpha value is -1.55. The van der Waals surface area contributed by atoms with Gasteiger partial charge in [-0.25, -0.2) is 0 Å². The molecule has 0 bridgehead atoms. The number of ether oxygens (including phenoxy) is 1. The summed E-state index contributed by atoms with van der Waals surface area (Å²) in [7, 11) is 1.74. The average molecular weight is 292 g/mol. The molecule has 3 N–H and O–H groups in total. The maximum absolute atomic E-state index is 11.5. The van der Waals surface area contributed by atoms with Crippen LogP contribution in [0.4, 0.5) is 0 Å². The molecule has 21 heavy (non-hydrogen) atoms. The van der Waals surface area contributed by atoms with Crippen LogP contribution in [0.2, 0.25) is 0 Å². The van der Waals surface area contributed by atoms with Gasteiger partial charge in [0.25, 0.3) is 0 Å². The van der Waals surface area contributed by atoms with Crippen molar-refractivity contribution in [2.24, 2.45) is 5.73 Å². The number of carbonyl (C=O) groups excluding carboxylic acids is 1. The number of nitrogens with two attached hydrogens (primary N) is 1. The van der Waals surface area contributed by atoms with Crippen LogP contribution in [0.5, 0.6) is 5.75 Å². The number of benzene rings is 1. The van der Waals surface area contributed by atoms with E-state index in [1.54, 1.807) is 14.0 Å². The highest BCUT2D eigenvalue weighted by molar-refractivity contribution is 5.84. The van der Waals surface area contributed by atoms with Crippen molar-refractivity contribution in [3.63, 3.8) is 0 Å². The van der Waals surface area contributed by atoms with Gasteiger partial charge in [0.2, 0.25) is 5.91 Å². The summed E-state index contributed by atoms with van der Waals surface area (Å²) in [5.74, 6) is 0.957. The Morgan fingerprint density at radius 3 is 2.43 bits per heavy atom. The standard InChI is InChI=1S/C17H28N2O2/c1-11(2)15-8-7-14(9-12(15)3)21-13(4)10-17(5,19-6)16(18)20/h7-9,11,13,19H,10H2,1-6H3,(H2,18,20). The topological polar surface area (TPSA) is 64.3 Å². The third kappa shape index (κ3) is 4.46. The summed E-state index contributed by atoms with van der Waals surface area (Å²) in [6.45, 7) is 10.2. The van der Waals surface area contributed by atoms with Crippen LogP contribution in [0.15, 0.2) is 18.2 Å². The number of nitrogens with one attached hydrogen (secondary N) is 1. The number of aryl methyl sites for hydroxylation is 1. The molecule has 0 spiro atoms. The molecule has 0 aliphatic carbocycles. The Labute approximate surface area is 128 Å². The Morgan fingerprint density at radius 2 is 2.00 bits per heavy atom. The van der Waals surface area contributed by atoms with Gasteiger partial charge >= 0.3 is 0 Å². The highest BCUT2D eigenvalue weighted by Gasteiger charge is 2.31. The Kier molecular flexibility index (Phi) is 5.78. The summed E-state index contributed by atoms with van der Waals surface area (Å²) < 4.78 is 5.93. The molecule has 0 radical (unpaired) electrons. The second-order valence-electron chi connectivity index (χ2n) is 6.25. The van der Waals surface area contributed by atoms with E-state index in [-0.39, 0.29) is 12.0 Å². The number of primary amides is 1. The number of likely N-dealkylation sites (N-methyl/N-ethyl adjacent to an activating group) is 1. The van der Waals surface area contributed by atoms with Gasteiger partial charge < -0.3 is 15.8 Å². The second kappa shape index (κ2) is 6.94. The monoisotopic (exact) mass is 292 g/mol. The van der Waals surface area contributed by atoms with E-state index in [4.69, 9.17) is 10.5 Å². The van der Waals surface area contributed by atoms with E-state index in [0.717, 1.165) is 5.75 Å². The number of hydrogen-bond acceptors (Lipinski definition) is 3. The molecule has 2 atom stereocenters. The molecule has 118 valence electrons. The highest BCUT2D eigenvalue weighted by Crippen LogP contribution is 2.25. The Morgan fingerprint density at radius 1 is 1.38 bits per heavy atom. The van der Waals surface area contributed by atoms with E-state index >= 15 is 0 Å². The smallest absolute Gasteiger partial charge is 0.237 e. The molecule has 4 nitrogen and oxygen atoms in total. The predicted molar refractivity (Wildman–Crippen MR) is 86.6 cm³/mol. The zero-order valence-electron chi connectivity index (χ0n) is 14.0. The highest BCUT2D eigenvalue weighted by atomic mass is 16.5. The van der Waals surface area contributed by atoms with Crippen molar-refractivity contribution in [1.82, 2.24) is 5.32 Å². The van der Waals surface area contributed by atoms with Crippen molar-refractivity contribution >= 4 is 5.91 Å². The minimum Gasteiger partial charge on any atom is -0.491 e. The summed E-state index contributed by atoms with van der Waals surface area (Å²) in [6.07, 6.45) is 0.406. The molecule has 4 heteroatoms. The zero-order chi connectivity index (χ0) is 16.2. The van der Waals surface area contributed by atoms with Crippen LogP contribution < -0.4 is 15.8 Å². The summed E-state index contributed by atoms with van der Waals surface area (Å²) in [5.41, 5.74) is 7.24. The van der Waals surface area contributed by atoms with Crippen LogP contribution in [-0.2, 0) is 4.79 Å². The molecular weight excluding hydrogens is 264 g/mol. The van der Waals surface area contributed by atoms with Crippen molar-refractivity contribution < 1.29 is 9.53 Å². The summed E-state index contributed by atoms with van der Waals surface area (Å²) >= 11 is 0. The normalized spacial score (nSPS) is 15.6. The molecule has 0 heterocycles. The van der Waals surface area contributed by atoms with Gasteiger partial charge in [-0.3, -0.25) is 4.79 Å². The number of rotatable bonds is 7. The van der Waals surface area contributed by atoms with Gasteiger partial charge in [-0.2, -0.15) is 0 Å². The fourth-order valence-corrected chi connectivity index (χ4v) is 2.54. The Balaban J connectivity index is 2.77. The molecule has 0 saturated heterocycles. The first-order chi connectivity index (χ1) is 9.69. The van der Waals surface area contributed by atoms with Gasteiger partial charge in [0.15, 0.2) is 0 Å². The quantitative estimate of drug-likeness (QED) is 0.812. The van der Waals surface area contributed by atoms with Gasteiger partial charge in [-0.15, -0.1) is 0 Å². The average Bonchev–Trinajstić information content (AvgIpc) is 2.37. The van der Waals surface area contributed by atoms with Crippen molar-refractivity contribution in [3.05, 3.63) is 29.3 Å². The van der Waals surface area contributed by atoms with Gasteiger partial charge in [-0.05, 0) is 57.0 Å². The molecule has 1 rings (SSSR count). The molecule has 0 aliphatic rings. The first kappa shape index (κ1) is 17.5. The molecule has 1 aromatic carbocycles. The lowest BCUT2D eigenvalue weighted by molar-refractivity contribution is -0.124. The minimum absolute atomic E-state index is 0.112. The predicted octanol–water partition coefficient (Wildman–Crippen LogP) is 2.74. The lowest BCUT2D eigenvalue weighted by atomic mass is 9.94. The molecular formula is C17H28N2O2. The summed E-state index contributed by atoms with van der Waals surface area (Å²) in [6, 6.07) is 6.14.